The second-order valence-electron chi connectivity index (χ2n) is 6.65. The highest BCUT2D eigenvalue weighted by atomic mass is 15.2. The molecule has 0 aromatic heterocycles. The maximum Gasteiger partial charge on any atom is 0.0125 e. The maximum absolute atomic E-state index is 2.70. The minimum Gasteiger partial charge on any atom is -0.298 e. The lowest BCUT2D eigenvalue weighted by Gasteiger charge is -2.36. The SMILES string of the molecule is CC(C)(C)N1C[C@@H]2CCCC[C@@]2(C)C1. The van der Waals surface area contributed by atoms with Gasteiger partial charge in [0.15, 0.2) is 0 Å². The molecule has 0 aromatic rings. The second kappa shape index (κ2) is 3.23. The summed E-state index contributed by atoms with van der Waals surface area (Å²) in [6, 6.07) is 0. The summed E-state index contributed by atoms with van der Waals surface area (Å²) in [7, 11) is 0. The van der Waals surface area contributed by atoms with Gasteiger partial charge in [0, 0.05) is 18.6 Å². The number of fused-ring (bicyclic) bond motifs is 1. The van der Waals surface area contributed by atoms with Crippen molar-refractivity contribution >= 4 is 0 Å². The van der Waals surface area contributed by atoms with Crippen molar-refractivity contribution in [2.24, 2.45) is 11.3 Å². The van der Waals surface area contributed by atoms with Gasteiger partial charge in [0.05, 0.1) is 0 Å². The van der Waals surface area contributed by atoms with Gasteiger partial charge in [0.2, 0.25) is 0 Å². The number of nitrogens with zero attached hydrogens (tertiary/aromatic N) is 1. The van der Waals surface area contributed by atoms with Gasteiger partial charge in [-0.15, -0.1) is 0 Å². The Morgan fingerprint density at radius 2 is 1.93 bits per heavy atom. The standard InChI is InChI=1S/C13H25N/c1-12(2,3)14-9-11-7-5-6-8-13(11,4)10-14/h11H,5-10H2,1-4H3/t11-,13-/m0/s1. The fourth-order valence-corrected chi connectivity index (χ4v) is 3.27. The van der Waals surface area contributed by atoms with Gasteiger partial charge in [0.1, 0.15) is 0 Å². The van der Waals surface area contributed by atoms with Crippen molar-refractivity contribution in [3.8, 4) is 0 Å². The van der Waals surface area contributed by atoms with E-state index < -0.39 is 0 Å². The largest absolute Gasteiger partial charge is 0.298 e. The molecule has 1 heterocycles. The van der Waals surface area contributed by atoms with E-state index in [-0.39, 0.29) is 0 Å². The average Bonchev–Trinajstić information content (AvgIpc) is 2.40. The maximum atomic E-state index is 2.70. The molecule has 2 aliphatic rings. The number of rotatable bonds is 0. The van der Waals surface area contributed by atoms with E-state index in [0.717, 1.165) is 5.92 Å². The Balaban J connectivity index is 2.10. The van der Waals surface area contributed by atoms with Gasteiger partial charge in [-0.2, -0.15) is 0 Å². The quantitative estimate of drug-likeness (QED) is 0.573. The van der Waals surface area contributed by atoms with Crippen LogP contribution in [0.15, 0.2) is 0 Å². The minimum absolute atomic E-state index is 0.375. The number of likely N-dealkylation sites (tertiary alicyclic amines) is 1. The first kappa shape index (κ1) is 10.5. The molecular weight excluding hydrogens is 170 g/mol. The molecule has 1 aliphatic carbocycles. The van der Waals surface area contributed by atoms with Crippen LogP contribution in [-0.4, -0.2) is 23.5 Å². The third kappa shape index (κ3) is 1.71. The van der Waals surface area contributed by atoms with Crippen LogP contribution < -0.4 is 0 Å². The Morgan fingerprint density at radius 3 is 2.50 bits per heavy atom. The molecule has 1 saturated heterocycles. The zero-order valence-electron chi connectivity index (χ0n) is 10.3. The molecule has 0 bridgehead atoms. The van der Waals surface area contributed by atoms with Crippen LogP contribution in [0.25, 0.3) is 0 Å². The molecule has 1 saturated carbocycles. The van der Waals surface area contributed by atoms with Gasteiger partial charge in [-0.05, 0) is 44.9 Å². The molecule has 1 aliphatic heterocycles. The highest BCUT2D eigenvalue weighted by Gasteiger charge is 2.46. The third-order valence-corrected chi connectivity index (χ3v) is 4.48. The van der Waals surface area contributed by atoms with Crippen molar-refractivity contribution in [3.05, 3.63) is 0 Å². The van der Waals surface area contributed by atoms with Crippen molar-refractivity contribution in [1.82, 2.24) is 4.90 Å². The molecule has 14 heavy (non-hydrogen) atoms. The van der Waals surface area contributed by atoms with Crippen LogP contribution in [0.2, 0.25) is 0 Å². The molecule has 0 unspecified atom stereocenters. The first-order chi connectivity index (χ1) is 6.42. The van der Waals surface area contributed by atoms with Crippen LogP contribution in [0.5, 0.6) is 0 Å². The smallest absolute Gasteiger partial charge is 0.0125 e. The lowest BCUT2D eigenvalue weighted by molar-refractivity contribution is 0.142. The highest BCUT2D eigenvalue weighted by Crippen LogP contribution is 2.47. The summed E-state index contributed by atoms with van der Waals surface area (Å²) in [4.78, 5) is 2.70. The van der Waals surface area contributed by atoms with Gasteiger partial charge < -0.3 is 0 Å². The third-order valence-electron chi connectivity index (χ3n) is 4.48. The predicted octanol–water partition coefficient (Wildman–Crippen LogP) is 3.30. The lowest BCUT2D eigenvalue weighted by atomic mass is 9.70. The van der Waals surface area contributed by atoms with Crippen LogP contribution in [0, 0.1) is 11.3 Å². The first-order valence-electron chi connectivity index (χ1n) is 6.17. The number of hydrogen-bond donors (Lipinski definition) is 0. The predicted molar refractivity (Wildman–Crippen MR) is 61.4 cm³/mol. The summed E-state index contributed by atoms with van der Waals surface area (Å²) < 4.78 is 0. The van der Waals surface area contributed by atoms with E-state index in [2.05, 4.69) is 32.6 Å². The minimum atomic E-state index is 0.375. The topological polar surface area (TPSA) is 3.24 Å². The zero-order chi connectivity index (χ0) is 10.4. The van der Waals surface area contributed by atoms with E-state index in [4.69, 9.17) is 0 Å². The molecule has 0 amide bonds. The number of hydrogen-bond acceptors (Lipinski definition) is 1. The summed E-state index contributed by atoms with van der Waals surface area (Å²) in [5, 5.41) is 0. The lowest BCUT2D eigenvalue weighted by Crippen LogP contribution is -2.40. The van der Waals surface area contributed by atoms with Crippen LogP contribution in [0.3, 0.4) is 0 Å². The molecule has 1 nitrogen and oxygen atoms in total. The van der Waals surface area contributed by atoms with E-state index in [1.165, 1.54) is 38.8 Å². The fourth-order valence-electron chi connectivity index (χ4n) is 3.27. The zero-order valence-corrected chi connectivity index (χ0v) is 10.3. The van der Waals surface area contributed by atoms with Crippen LogP contribution in [0.4, 0.5) is 0 Å². The Morgan fingerprint density at radius 1 is 1.21 bits per heavy atom. The summed E-state index contributed by atoms with van der Waals surface area (Å²) in [5.41, 5.74) is 1.02. The monoisotopic (exact) mass is 195 g/mol. The molecule has 1 heteroatoms. The average molecular weight is 195 g/mol. The Labute approximate surface area is 88.9 Å². The molecule has 0 aromatic carbocycles. The van der Waals surface area contributed by atoms with Gasteiger partial charge in [0.25, 0.3) is 0 Å². The van der Waals surface area contributed by atoms with Gasteiger partial charge in [-0.25, -0.2) is 0 Å². The van der Waals surface area contributed by atoms with E-state index in [1.54, 1.807) is 0 Å². The van der Waals surface area contributed by atoms with E-state index in [0.29, 0.717) is 11.0 Å². The molecule has 0 N–H and O–H groups in total. The van der Waals surface area contributed by atoms with Crippen LogP contribution in [-0.2, 0) is 0 Å². The molecular formula is C13H25N. The van der Waals surface area contributed by atoms with E-state index in [1.807, 2.05) is 0 Å². The van der Waals surface area contributed by atoms with E-state index in [9.17, 15) is 0 Å². The molecule has 2 fully saturated rings. The fraction of sp³-hybridized carbons (Fsp3) is 1.00. The Bertz CT molecular complexity index is 216. The highest BCUT2D eigenvalue weighted by molar-refractivity contribution is 4.99. The van der Waals surface area contributed by atoms with Gasteiger partial charge in [-0.1, -0.05) is 19.8 Å². The van der Waals surface area contributed by atoms with Crippen LogP contribution >= 0.6 is 0 Å². The Kier molecular flexibility index (Phi) is 2.42. The molecule has 2 rings (SSSR count). The molecule has 0 spiro atoms. The van der Waals surface area contributed by atoms with Crippen LogP contribution in [0.1, 0.15) is 53.4 Å². The van der Waals surface area contributed by atoms with Gasteiger partial charge >= 0.3 is 0 Å². The Hall–Kier alpha value is -0.0400. The summed E-state index contributed by atoms with van der Waals surface area (Å²) in [6.07, 6.45) is 5.87. The molecule has 2 atom stereocenters. The van der Waals surface area contributed by atoms with E-state index >= 15 is 0 Å². The summed E-state index contributed by atoms with van der Waals surface area (Å²) >= 11 is 0. The van der Waals surface area contributed by atoms with Crippen molar-refractivity contribution < 1.29 is 0 Å². The normalized spacial score (nSPS) is 39.9. The molecule has 0 radical (unpaired) electrons. The van der Waals surface area contributed by atoms with Crippen molar-refractivity contribution in [2.45, 2.75) is 58.9 Å². The first-order valence-corrected chi connectivity index (χ1v) is 6.17. The second-order valence-corrected chi connectivity index (χ2v) is 6.65. The van der Waals surface area contributed by atoms with Crippen molar-refractivity contribution in [3.63, 3.8) is 0 Å². The van der Waals surface area contributed by atoms with Gasteiger partial charge in [-0.3, -0.25) is 4.90 Å². The molecule has 82 valence electrons. The van der Waals surface area contributed by atoms with Crippen molar-refractivity contribution in [1.29, 1.82) is 0 Å². The van der Waals surface area contributed by atoms with Crippen molar-refractivity contribution in [2.75, 3.05) is 13.1 Å². The summed E-state index contributed by atoms with van der Waals surface area (Å²) in [5.74, 6) is 0.982. The summed E-state index contributed by atoms with van der Waals surface area (Å²) in [6.45, 7) is 12.3.